The summed E-state index contributed by atoms with van der Waals surface area (Å²) in [7, 11) is 1.34. The molecular formula is C29H36N2O4S. The van der Waals surface area contributed by atoms with E-state index in [1.54, 1.807) is 6.92 Å². The van der Waals surface area contributed by atoms with Gasteiger partial charge in [0, 0.05) is 23.9 Å². The van der Waals surface area contributed by atoms with Crippen LogP contribution in [0.5, 0.6) is 0 Å². The molecule has 2 aromatic carbocycles. The Morgan fingerprint density at radius 2 is 1.72 bits per heavy atom. The average molecular weight is 509 g/mol. The third-order valence-electron chi connectivity index (χ3n) is 7.44. The highest BCUT2D eigenvalue weighted by molar-refractivity contribution is 7.99. The molecule has 2 aliphatic heterocycles. The van der Waals surface area contributed by atoms with Crippen molar-refractivity contribution in [3.63, 3.8) is 0 Å². The fraction of sp³-hybridized carbons (Fsp3) is 0.483. The average Bonchev–Trinajstić information content (AvgIpc) is 3.37. The Kier molecular flexibility index (Phi) is 8.52. The number of ether oxygens (including phenoxy) is 1. The topological polar surface area (TPSA) is 75.7 Å². The minimum Gasteiger partial charge on any atom is -0.468 e. The van der Waals surface area contributed by atoms with Crippen molar-refractivity contribution in [3.05, 3.63) is 65.7 Å². The number of methoxy groups -OCH3 is 1. The minimum absolute atomic E-state index is 0.224. The first-order chi connectivity index (χ1) is 17.5. The zero-order valence-corrected chi connectivity index (χ0v) is 22.2. The lowest BCUT2D eigenvalue weighted by molar-refractivity contribution is -0.154. The monoisotopic (exact) mass is 508 g/mol. The minimum atomic E-state index is -1.32. The SMILES string of the molecule is CCCCCCSc1ccc([C@H]2N[C@@](Cc3ccccc3)(C(=O)OC)[C@H]3C(=O)N(CC)C(=O)[C@@H]23)cc1. The Hall–Kier alpha value is -2.64. The highest BCUT2D eigenvalue weighted by Crippen LogP contribution is 2.50. The van der Waals surface area contributed by atoms with Crippen molar-refractivity contribution in [1.82, 2.24) is 10.2 Å². The third kappa shape index (κ3) is 4.96. The molecule has 2 amide bonds. The molecule has 0 aliphatic carbocycles. The molecule has 2 aliphatic rings. The van der Waals surface area contributed by atoms with Crippen LogP contribution in [-0.2, 0) is 25.5 Å². The number of rotatable bonds is 11. The van der Waals surface area contributed by atoms with Gasteiger partial charge >= 0.3 is 5.97 Å². The number of benzene rings is 2. The molecular weight excluding hydrogens is 472 g/mol. The number of likely N-dealkylation sites (tertiary alicyclic amines) is 1. The maximum Gasteiger partial charge on any atom is 0.327 e. The molecule has 0 bridgehead atoms. The van der Waals surface area contributed by atoms with E-state index >= 15 is 0 Å². The number of fused-ring (bicyclic) bond motifs is 1. The number of imide groups is 1. The number of esters is 1. The van der Waals surface area contributed by atoms with Crippen molar-refractivity contribution in [1.29, 1.82) is 0 Å². The third-order valence-corrected chi connectivity index (χ3v) is 8.54. The van der Waals surface area contributed by atoms with E-state index in [4.69, 9.17) is 4.74 Å². The van der Waals surface area contributed by atoms with Gasteiger partial charge in [-0.3, -0.25) is 24.6 Å². The molecule has 4 rings (SSSR count). The van der Waals surface area contributed by atoms with Gasteiger partial charge in [-0.1, -0.05) is 68.7 Å². The molecule has 0 unspecified atom stereocenters. The standard InChI is InChI=1S/C29H36N2O4S/c1-4-6-7-11-18-36-22-16-14-21(15-17-22)25-23-24(27(33)31(5-2)26(23)32)29(30-25,28(34)35-3)19-20-12-9-8-10-13-20/h8-10,12-17,23-25,30H,4-7,11,18-19H2,1-3H3/t23-,24-,25-,29-/m1/s1. The first-order valence-corrected chi connectivity index (χ1v) is 13.9. The second-order valence-electron chi connectivity index (χ2n) is 9.65. The summed E-state index contributed by atoms with van der Waals surface area (Å²) in [5.74, 6) is -1.45. The van der Waals surface area contributed by atoms with Crippen LogP contribution < -0.4 is 5.32 Å². The molecule has 0 radical (unpaired) electrons. The Bertz CT molecular complexity index is 1070. The number of hydrogen-bond donors (Lipinski definition) is 1. The lowest BCUT2D eigenvalue weighted by Gasteiger charge is -2.32. The van der Waals surface area contributed by atoms with E-state index in [1.807, 2.05) is 54.2 Å². The number of thioether (sulfide) groups is 1. The van der Waals surface area contributed by atoms with E-state index in [2.05, 4.69) is 24.4 Å². The predicted molar refractivity (Wildman–Crippen MR) is 141 cm³/mol. The van der Waals surface area contributed by atoms with E-state index < -0.39 is 29.4 Å². The number of carbonyl (C=O) groups is 3. The molecule has 2 fully saturated rings. The predicted octanol–water partition coefficient (Wildman–Crippen LogP) is 4.78. The number of amides is 2. The highest BCUT2D eigenvalue weighted by atomic mass is 32.2. The highest BCUT2D eigenvalue weighted by Gasteiger charge is 2.68. The van der Waals surface area contributed by atoms with E-state index in [1.165, 1.54) is 42.6 Å². The summed E-state index contributed by atoms with van der Waals surface area (Å²) in [6.07, 6.45) is 5.20. The van der Waals surface area contributed by atoms with Gasteiger partial charge in [-0.25, -0.2) is 0 Å². The quantitative estimate of drug-likeness (QED) is 0.204. The summed E-state index contributed by atoms with van der Waals surface area (Å²) in [6.45, 7) is 4.29. The van der Waals surface area contributed by atoms with Gasteiger partial charge < -0.3 is 4.74 Å². The van der Waals surface area contributed by atoms with E-state index in [0.29, 0.717) is 0 Å². The zero-order valence-electron chi connectivity index (χ0n) is 21.4. The van der Waals surface area contributed by atoms with E-state index in [0.717, 1.165) is 16.9 Å². The van der Waals surface area contributed by atoms with Crippen LogP contribution in [0.1, 0.15) is 56.7 Å². The second-order valence-corrected chi connectivity index (χ2v) is 10.8. The molecule has 0 aromatic heterocycles. The molecule has 6 nitrogen and oxygen atoms in total. The van der Waals surface area contributed by atoms with Crippen molar-refractivity contribution in [2.45, 2.75) is 62.4 Å². The van der Waals surface area contributed by atoms with E-state index in [-0.39, 0.29) is 24.8 Å². The van der Waals surface area contributed by atoms with Gasteiger partial charge in [0.25, 0.3) is 0 Å². The smallest absolute Gasteiger partial charge is 0.327 e. The molecule has 1 N–H and O–H groups in total. The molecule has 2 saturated heterocycles. The molecule has 2 aromatic rings. The normalized spacial score (nSPS) is 25.3. The molecule has 4 atom stereocenters. The van der Waals surface area contributed by atoms with Crippen LogP contribution >= 0.6 is 11.8 Å². The van der Waals surface area contributed by atoms with Gasteiger partial charge in [0.15, 0.2) is 0 Å². The van der Waals surface area contributed by atoms with Gasteiger partial charge in [-0.2, -0.15) is 0 Å². The molecule has 2 heterocycles. The maximum absolute atomic E-state index is 13.5. The first kappa shape index (κ1) is 26.4. The van der Waals surface area contributed by atoms with Gasteiger partial charge in [0.05, 0.1) is 18.9 Å². The summed E-state index contributed by atoms with van der Waals surface area (Å²) >= 11 is 1.83. The van der Waals surface area contributed by atoms with Crippen LogP contribution in [-0.4, -0.2) is 47.6 Å². The van der Waals surface area contributed by atoms with Crippen LogP contribution in [0.15, 0.2) is 59.5 Å². The van der Waals surface area contributed by atoms with Crippen molar-refractivity contribution < 1.29 is 19.1 Å². The van der Waals surface area contributed by atoms with E-state index in [9.17, 15) is 14.4 Å². The molecule has 0 spiro atoms. The second kappa shape index (κ2) is 11.6. The van der Waals surface area contributed by atoms with Gasteiger partial charge in [-0.05, 0) is 42.4 Å². The molecule has 7 heteroatoms. The van der Waals surface area contributed by atoms with Crippen LogP contribution in [0, 0.1) is 11.8 Å². The van der Waals surface area contributed by atoms with Crippen LogP contribution in [0.2, 0.25) is 0 Å². The number of carbonyl (C=O) groups excluding carboxylic acids is 3. The summed E-state index contributed by atoms with van der Waals surface area (Å²) in [5, 5.41) is 3.46. The number of nitrogens with zero attached hydrogens (tertiary/aromatic N) is 1. The summed E-state index contributed by atoms with van der Waals surface area (Å²) in [5.41, 5.74) is 0.479. The summed E-state index contributed by atoms with van der Waals surface area (Å²) < 4.78 is 5.26. The Morgan fingerprint density at radius 3 is 2.36 bits per heavy atom. The molecule has 36 heavy (non-hydrogen) atoms. The van der Waals surface area contributed by atoms with Crippen molar-refractivity contribution in [3.8, 4) is 0 Å². The Labute approximate surface area is 218 Å². The van der Waals surface area contributed by atoms with Crippen LogP contribution in [0.3, 0.4) is 0 Å². The molecule has 192 valence electrons. The van der Waals surface area contributed by atoms with Crippen LogP contribution in [0.4, 0.5) is 0 Å². The summed E-state index contributed by atoms with van der Waals surface area (Å²) in [4.78, 5) is 42.9. The number of hydrogen-bond acceptors (Lipinski definition) is 6. The summed E-state index contributed by atoms with van der Waals surface area (Å²) in [6, 6.07) is 17.3. The fourth-order valence-corrected chi connectivity index (χ4v) is 6.59. The van der Waals surface area contributed by atoms with Crippen molar-refractivity contribution >= 4 is 29.5 Å². The van der Waals surface area contributed by atoms with Gasteiger partial charge in [-0.15, -0.1) is 11.8 Å². The number of unbranched alkanes of at least 4 members (excludes halogenated alkanes) is 3. The Morgan fingerprint density at radius 1 is 1.00 bits per heavy atom. The first-order valence-electron chi connectivity index (χ1n) is 12.9. The van der Waals surface area contributed by atoms with Gasteiger partial charge in [0.1, 0.15) is 5.54 Å². The zero-order chi connectivity index (χ0) is 25.7. The van der Waals surface area contributed by atoms with Gasteiger partial charge in [0.2, 0.25) is 11.8 Å². The van der Waals surface area contributed by atoms with Crippen molar-refractivity contribution in [2.24, 2.45) is 11.8 Å². The molecule has 0 saturated carbocycles. The number of nitrogens with one attached hydrogen (secondary N) is 1. The van der Waals surface area contributed by atoms with Crippen LogP contribution in [0.25, 0.3) is 0 Å². The maximum atomic E-state index is 13.5. The largest absolute Gasteiger partial charge is 0.468 e. The van der Waals surface area contributed by atoms with Crippen molar-refractivity contribution in [2.75, 3.05) is 19.4 Å². The lowest BCUT2D eigenvalue weighted by Crippen LogP contribution is -2.57. The Balaban J connectivity index is 1.65. The fourth-order valence-electron chi connectivity index (χ4n) is 5.67. The lowest BCUT2D eigenvalue weighted by atomic mass is 9.76.